The number of rotatable bonds is 4. The maximum Gasteiger partial charge on any atom is 0.341 e. The van der Waals surface area contributed by atoms with Crippen molar-refractivity contribution >= 4 is 11.7 Å². The van der Waals surface area contributed by atoms with Gasteiger partial charge < -0.3 is 15.2 Å². The van der Waals surface area contributed by atoms with Crippen molar-refractivity contribution in [1.29, 1.82) is 0 Å². The minimum absolute atomic E-state index is 0.0218. The monoisotopic (exact) mass is 245 g/mol. The molecule has 1 rings (SSSR count). The highest BCUT2D eigenvalue weighted by atomic mass is 19.1. The SMILES string of the molecule is COC(C)COC(=O)c1cc(N)c(F)cc1F. The Morgan fingerprint density at radius 1 is 1.41 bits per heavy atom. The number of nitrogen functional groups attached to an aromatic ring is 1. The van der Waals surface area contributed by atoms with Crippen LogP contribution in [0.2, 0.25) is 0 Å². The molecule has 0 amide bonds. The van der Waals surface area contributed by atoms with Crippen molar-refractivity contribution in [3.63, 3.8) is 0 Å². The topological polar surface area (TPSA) is 61.5 Å². The van der Waals surface area contributed by atoms with Gasteiger partial charge in [-0.15, -0.1) is 0 Å². The van der Waals surface area contributed by atoms with Gasteiger partial charge in [0.15, 0.2) is 0 Å². The Morgan fingerprint density at radius 3 is 2.65 bits per heavy atom. The number of hydrogen-bond donors (Lipinski definition) is 1. The fourth-order valence-electron chi connectivity index (χ4n) is 1.06. The molecular weight excluding hydrogens is 232 g/mol. The van der Waals surface area contributed by atoms with Crippen molar-refractivity contribution in [3.8, 4) is 0 Å². The largest absolute Gasteiger partial charge is 0.459 e. The highest BCUT2D eigenvalue weighted by molar-refractivity contribution is 5.90. The molecule has 0 aromatic heterocycles. The number of ether oxygens (including phenoxy) is 2. The lowest BCUT2D eigenvalue weighted by atomic mass is 10.2. The zero-order chi connectivity index (χ0) is 13.0. The molecule has 0 fully saturated rings. The third-order valence-corrected chi connectivity index (χ3v) is 2.16. The van der Waals surface area contributed by atoms with Gasteiger partial charge in [-0.25, -0.2) is 13.6 Å². The van der Waals surface area contributed by atoms with Gasteiger partial charge in [0, 0.05) is 13.2 Å². The number of benzene rings is 1. The summed E-state index contributed by atoms with van der Waals surface area (Å²) in [7, 11) is 1.45. The van der Waals surface area contributed by atoms with Crippen LogP contribution < -0.4 is 5.73 Å². The minimum Gasteiger partial charge on any atom is -0.459 e. The van der Waals surface area contributed by atoms with Gasteiger partial charge in [-0.05, 0) is 13.0 Å². The van der Waals surface area contributed by atoms with E-state index in [0.29, 0.717) is 6.07 Å². The number of anilines is 1. The number of nitrogens with two attached hydrogens (primary N) is 1. The molecule has 1 aromatic rings. The van der Waals surface area contributed by atoms with Crippen LogP contribution in [0.1, 0.15) is 17.3 Å². The number of carbonyl (C=O) groups excluding carboxylic acids is 1. The van der Waals surface area contributed by atoms with E-state index in [4.69, 9.17) is 15.2 Å². The summed E-state index contributed by atoms with van der Waals surface area (Å²) < 4.78 is 35.7. The van der Waals surface area contributed by atoms with Crippen LogP contribution in [-0.2, 0) is 9.47 Å². The number of carbonyl (C=O) groups is 1. The maximum atomic E-state index is 13.3. The molecular formula is C11H13F2NO3. The van der Waals surface area contributed by atoms with Crippen LogP contribution in [0.4, 0.5) is 14.5 Å². The van der Waals surface area contributed by atoms with E-state index in [0.717, 1.165) is 6.07 Å². The van der Waals surface area contributed by atoms with Crippen molar-refractivity contribution < 1.29 is 23.0 Å². The second-order valence-electron chi connectivity index (χ2n) is 3.50. The van der Waals surface area contributed by atoms with Gasteiger partial charge in [-0.3, -0.25) is 0 Å². The first-order valence-corrected chi connectivity index (χ1v) is 4.90. The van der Waals surface area contributed by atoms with E-state index in [2.05, 4.69) is 0 Å². The molecule has 0 aliphatic rings. The molecule has 0 saturated carbocycles. The summed E-state index contributed by atoms with van der Waals surface area (Å²) in [6.07, 6.45) is -0.306. The van der Waals surface area contributed by atoms with Crippen molar-refractivity contribution in [2.45, 2.75) is 13.0 Å². The second kappa shape index (κ2) is 5.58. The molecule has 0 bridgehead atoms. The van der Waals surface area contributed by atoms with Gasteiger partial charge in [0.05, 0.1) is 17.4 Å². The second-order valence-corrected chi connectivity index (χ2v) is 3.50. The van der Waals surface area contributed by atoms with Crippen molar-refractivity contribution in [2.75, 3.05) is 19.5 Å². The Labute approximate surface area is 97.3 Å². The van der Waals surface area contributed by atoms with Crippen LogP contribution >= 0.6 is 0 Å². The van der Waals surface area contributed by atoms with Crippen LogP contribution in [0.15, 0.2) is 12.1 Å². The lowest BCUT2D eigenvalue weighted by Gasteiger charge is -2.10. The van der Waals surface area contributed by atoms with Crippen molar-refractivity contribution in [2.24, 2.45) is 0 Å². The minimum atomic E-state index is -1.01. The van der Waals surface area contributed by atoms with E-state index >= 15 is 0 Å². The molecule has 17 heavy (non-hydrogen) atoms. The average Bonchev–Trinajstić information content (AvgIpc) is 2.30. The first-order chi connectivity index (χ1) is 7.95. The van der Waals surface area contributed by atoms with Gasteiger partial charge in [-0.2, -0.15) is 0 Å². The van der Waals surface area contributed by atoms with E-state index in [-0.39, 0.29) is 18.4 Å². The quantitative estimate of drug-likeness (QED) is 0.648. The Hall–Kier alpha value is -1.69. The fourth-order valence-corrected chi connectivity index (χ4v) is 1.06. The molecule has 4 nitrogen and oxygen atoms in total. The average molecular weight is 245 g/mol. The predicted octanol–water partition coefficient (Wildman–Crippen LogP) is 1.74. The van der Waals surface area contributed by atoms with Gasteiger partial charge in [0.1, 0.15) is 18.2 Å². The van der Waals surface area contributed by atoms with Gasteiger partial charge in [0.25, 0.3) is 0 Å². The summed E-state index contributed by atoms with van der Waals surface area (Å²) in [5.74, 6) is -2.82. The predicted molar refractivity (Wildman–Crippen MR) is 57.5 cm³/mol. The molecule has 94 valence electrons. The molecule has 6 heteroatoms. The number of esters is 1. The van der Waals surface area contributed by atoms with Gasteiger partial charge in [-0.1, -0.05) is 0 Å². The van der Waals surface area contributed by atoms with Crippen LogP contribution in [0.3, 0.4) is 0 Å². The highest BCUT2D eigenvalue weighted by Gasteiger charge is 2.17. The highest BCUT2D eigenvalue weighted by Crippen LogP contribution is 2.17. The molecule has 1 atom stereocenters. The first-order valence-electron chi connectivity index (χ1n) is 4.90. The molecule has 0 heterocycles. The van der Waals surface area contributed by atoms with E-state index in [1.807, 2.05) is 0 Å². The Kier molecular flexibility index (Phi) is 4.39. The zero-order valence-corrected chi connectivity index (χ0v) is 9.50. The van der Waals surface area contributed by atoms with Crippen LogP contribution in [0, 0.1) is 11.6 Å². The molecule has 0 aliphatic carbocycles. The molecule has 0 saturated heterocycles. The maximum absolute atomic E-state index is 13.3. The Balaban J connectivity index is 2.79. The molecule has 2 N–H and O–H groups in total. The lowest BCUT2D eigenvalue weighted by molar-refractivity contribution is 0.0165. The third-order valence-electron chi connectivity index (χ3n) is 2.16. The third kappa shape index (κ3) is 3.39. The molecule has 1 aromatic carbocycles. The van der Waals surface area contributed by atoms with E-state index in [1.165, 1.54) is 7.11 Å². The molecule has 0 spiro atoms. The van der Waals surface area contributed by atoms with Crippen molar-refractivity contribution in [1.82, 2.24) is 0 Å². The van der Waals surface area contributed by atoms with Crippen LogP contribution in [0.5, 0.6) is 0 Å². The van der Waals surface area contributed by atoms with Crippen LogP contribution in [-0.4, -0.2) is 25.8 Å². The van der Waals surface area contributed by atoms with E-state index < -0.39 is 23.2 Å². The van der Waals surface area contributed by atoms with E-state index in [9.17, 15) is 13.6 Å². The summed E-state index contributed by atoms with van der Waals surface area (Å²) >= 11 is 0. The number of methoxy groups -OCH3 is 1. The Bertz CT molecular complexity index is 423. The zero-order valence-electron chi connectivity index (χ0n) is 9.50. The summed E-state index contributed by atoms with van der Waals surface area (Å²) in [5, 5.41) is 0. The standard InChI is InChI=1S/C11H13F2NO3/c1-6(16-2)5-17-11(15)7-3-10(14)9(13)4-8(7)12/h3-4,6H,5,14H2,1-2H3. The van der Waals surface area contributed by atoms with Crippen molar-refractivity contribution in [3.05, 3.63) is 29.3 Å². The molecule has 0 radical (unpaired) electrons. The lowest BCUT2D eigenvalue weighted by Crippen LogP contribution is -2.18. The summed E-state index contributed by atoms with van der Waals surface area (Å²) in [4.78, 5) is 11.5. The number of halogens is 2. The van der Waals surface area contributed by atoms with Gasteiger partial charge in [0.2, 0.25) is 0 Å². The summed E-state index contributed by atoms with van der Waals surface area (Å²) in [5.41, 5.74) is 4.53. The summed E-state index contributed by atoms with van der Waals surface area (Å²) in [6, 6.07) is 1.45. The fraction of sp³-hybridized carbons (Fsp3) is 0.364. The normalized spacial score (nSPS) is 12.2. The first kappa shape index (κ1) is 13.4. The van der Waals surface area contributed by atoms with E-state index in [1.54, 1.807) is 6.92 Å². The Morgan fingerprint density at radius 2 is 2.06 bits per heavy atom. The van der Waals surface area contributed by atoms with Crippen LogP contribution in [0.25, 0.3) is 0 Å². The number of hydrogen-bond acceptors (Lipinski definition) is 4. The smallest absolute Gasteiger partial charge is 0.341 e. The molecule has 1 unspecified atom stereocenters. The van der Waals surface area contributed by atoms with Gasteiger partial charge >= 0.3 is 5.97 Å². The summed E-state index contributed by atoms with van der Waals surface area (Å²) in [6.45, 7) is 1.66. The molecule has 0 aliphatic heterocycles.